The number of pyridine rings is 1. The number of rotatable bonds is 5. The number of ether oxygens (including phenoxy) is 3. The normalized spacial score (nSPS) is 18.7. The van der Waals surface area contributed by atoms with Crippen molar-refractivity contribution in [2.24, 2.45) is 0 Å². The van der Waals surface area contributed by atoms with Gasteiger partial charge >= 0.3 is 0 Å². The minimum atomic E-state index is -0.153. The molecule has 2 atom stereocenters. The molecule has 0 radical (unpaired) electrons. The molecule has 8 heteroatoms. The molecule has 34 heavy (non-hydrogen) atoms. The third-order valence-corrected chi connectivity index (χ3v) is 6.48. The number of nitrogens with one attached hydrogen (secondary N) is 1. The van der Waals surface area contributed by atoms with Gasteiger partial charge in [-0.2, -0.15) is 0 Å². The average molecular weight is 471 g/mol. The predicted octanol–water partition coefficient (Wildman–Crippen LogP) is 4.79. The molecule has 0 bridgehead atoms. The molecule has 2 aliphatic rings. The third-order valence-electron chi connectivity index (χ3n) is 6.17. The van der Waals surface area contributed by atoms with Gasteiger partial charge in [-0.3, -0.25) is 4.98 Å². The number of nitrogens with zero attached hydrogens (tertiary/aromatic N) is 3. The first-order valence-corrected chi connectivity index (χ1v) is 11.4. The first-order chi connectivity index (χ1) is 16.7. The molecule has 7 nitrogen and oxygen atoms in total. The number of thiocarbonyl (C=S) groups is 1. The Labute approximate surface area is 202 Å². The highest BCUT2D eigenvalue weighted by atomic mass is 32.1. The van der Waals surface area contributed by atoms with E-state index in [4.69, 9.17) is 26.4 Å². The molecule has 2 aromatic carbocycles. The van der Waals surface area contributed by atoms with Gasteiger partial charge in [0.05, 0.1) is 18.8 Å². The second-order valence-electron chi connectivity index (χ2n) is 8.04. The minimum Gasteiger partial charge on any atom is -0.497 e. The molecular formula is C26H22N4O3S. The molecule has 2 aliphatic heterocycles. The molecular weight excluding hydrogens is 448 g/mol. The Morgan fingerprint density at radius 1 is 0.971 bits per heavy atom. The second kappa shape index (κ2) is 8.39. The van der Waals surface area contributed by atoms with Crippen LogP contribution in [0.15, 0.2) is 85.2 Å². The highest BCUT2D eigenvalue weighted by Crippen LogP contribution is 2.44. The predicted molar refractivity (Wildman–Crippen MR) is 133 cm³/mol. The summed E-state index contributed by atoms with van der Waals surface area (Å²) < 4.78 is 18.7. The van der Waals surface area contributed by atoms with Gasteiger partial charge in [0.2, 0.25) is 6.79 Å². The second-order valence-corrected chi connectivity index (χ2v) is 8.42. The number of aromatic nitrogens is 2. The Morgan fingerprint density at radius 3 is 2.59 bits per heavy atom. The average Bonchev–Trinajstić information content (AvgIpc) is 3.62. The molecule has 1 fully saturated rings. The van der Waals surface area contributed by atoms with E-state index in [0.717, 1.165) is 34.3 Å². The van der Waals surface area contributed by atoms with Crippen LogP contribution in [0, 0.1) is 0 Å². The Balaban J connectivity index is 1.48. The summed E-state index contributed by atoms with van der Waals surface area (Å²) >= 11 is 5.86. The highest BCUT2D eigenvalue weighted by Gasteiger charge is 2.42. The standard InChI is InChI=1S/C26H22N4O3S/c1-31-19-10-7-17(8-11-19)29-14-4-6-21(29)25-24(20-5-2-3-13-27-20)28-26(34)30(25)18-9-12-22-23(15-18)33-16-32-22/h2-15,24-25H,16H2,1H3,(H,28,34)/t24-,25+/m0/s1. The molecule has 1 saturated heterocycles. The lowest BCUT2D eigenvalue weighted by molar-refractivity contribution is 0.174. The van der Waals surface area contributed by atoms with E-state index in [0.29, 0.717) is 10.9 Å². The molecule has 0 unspecified atom stereocenters. The smallest absolute Gasteiger partial charge is 0.231 e. The van der Waals surface area contributed by atoms with E-state index in [1.807, 2.05) is 72.9 Å². The van der Waals surface area contributed by atoms with Gasteiger partial charge in [-0.1, -0.05) is 6.07 Å². The summed E-state index contributed by atoms with van der Waals surface area (Å²) in [6, 6.07) is 23.7. The van der Waals surface area contributed by atoms with Gasteiger partial charge in [0.1, 0.15) is 11.8 Å². The molecule has 6 rings (SSSR count). The zero-order valence-corrected chi connectivity index (χ0v) is 19.2. The molecule has 4 heterocycles. The summed E-state index contributed by atoms with van der Waals surface area (Å²) in [7, 11) is 1.67. The van der Waals surface area contributed by atoms with Crippen molar-refractivity contribution in [1.29, 1.82) is 0 Å². The Bertz CT molecular complexity index is 1340. The summed E-state index contributed by atoms with van der Waals surface area (Å²) in [4.78, 5) is 6.78. The Morgan fingerprint density at radius 2 is 1.79 bits per heavy atom. The van der Waals surface area contributed by atoms with Crippen molar-refractivity contribution in [2.45, 2.75) is 12.1 Å². The van der Waals surface area contributed by atoms with Crippen LogP contribution in [0.4, 0.5) is 5.69 Å². The van der Waals surface area contributed by atoms with Crippen LogP contribution < -0.4 is 24.4 Å². The summed E-state index contributed by atoms with van der Waals surface area (Å²) in [5.74, 6) is 2.27. The highest BCUT2D eigenvalue weighted by molar-refractivity contribution is 7.80. The maximum Gasteiger partial charge on any atom is 0.231 e. The SMILES string of the molecule is COc1ccc(-n2cccc2[C@@H]2[C@H](c3ccccn3)NC(=S)N2c2ccc3c(c2)OCO3)cc1. The van der Waals surface area contributed by atoms with Gasteiger partial charge in [-0.15, -0.1) is 0 Å². The van der Waals surface area contributed by atoms with Crippen LogP contribution in [0.1, 0.15) is 23.5 Å². The number of benzene rings is 2. The Kier molecular flexibility index (Phi) is 5.07. The van der Waals surface area contributed by atoms with Gasteiger partial charge in [-0.05, 0) is 72.9 Å². The molecule has 0 aliphatic carbocycles. The topological polar surface area (TPSA) is 60.8 Å². The zero-order valence-electron chi connectivity index (χ0n) is 18.4. The van der Waals surface area contributed by atoms with E-state index < -0.39 is 0 Å². The van der Waals surface area contributed by atoms with Crippen molar-refractivity contribution in [2.75, 3.05) is 18.8 Å². The summed E-state index contributed by atoms with van der Waals surface area (Å²) in [5.41, 5.74) is 3.95. The fourth-order valence-corrected chi connectivity index (χ4v) is 4.93. The van der Waals surface area contributed by atoms with Crippen LogP contribution in [-0.4, -0.2) is 28.6 Å². The number of methoxy groups -OCH3 is 1. The summed E-state index contributed by atoms with van der Waals surface area (Å²) in [5, 5.41) is 4.14. The van der Waals surface area contributed by atoms with Crippen LogP contribution in [0.3, 0.4) is 0 Å². The number of fused-ring (bicyclic) bond motifs is 1. The van der Waals surface area contributed by atoms with Crippen molar-refractivity contribution >= 4 is 23.0 Å². The Hall–Kier alpha value is -4.04. The van der Waals surface area contributed by atoms with Crippen molar-refractivity contribution in [3.8, 4) is 22.9 Å². The van der Waals surface area contributed by atoms with Crippen molar-refractivity contribution in [3.05, 3.63) is 96.6 Å². The molecule has 1 N–H and O–H groups in total. The summed E-state index contributed by atoms with van der Waals surface area (Å²) in [6.07, 6.45) is 3.87. The molecule has 4 aromatic rings. The molecule has 0 saturated carbocycles. The fraction of sp³-hybridized carbons (Fsp3) is 0.154. The van der Waals surface area contributed by atoms with E-state index in [2.05, 4.69) is 32.0 Å². The van der Waals surface area contributed by atoms with Crippen LogP contribution in [0.25, 0.3) is 5.69 Å². The van der Waals surface area contributed by atoms with Gasteiger partial charge in [0.25, 0.3) is 0 Å². The monoisotopic (exact) mass is 470 g/mol. The van der Waals surface area contributed by atoms with Gasteiger partial charge in [0.15, 0.2) is 16.6 Å². The number of anilines is 1. The molecule has 0 amide bonds. The third kappa shape index (κ3) is 3.43. The van der Waals surface area contributed by atoms with Crippen LogP contribution in [0.2, 0.25) is 0 Å². The largest absolute Gasteiger partial charge is 0.497 e. The number of hydrogen-bond donors (Lipinski definition) is 1. The van der Waals surface area contributed by atoms with Crippen LogP contribution >= 0.6 is 12.2 Å². The van der Waals surface area contributed by atoms with Crippen molar-refractivity contribution in [1.82, 2.24) is 14.9 Å². The van der Waals surface area contributed by atoms with E-state index in [-0.39, 0.29) is 18.9 Å². The van der Waals surface area contributed by atoms with Crippen molar-refractivity contribution in [3.63, 3.8) is 0 Å². The van der Waals surface area contributed by atoms with Gasteiger partial charge in [0, 0.05) is 35.5 Å². The first kappa shape index (κ1) is 20.6. The summed E-state index contributed by atoms with van der Waals surface area (Å²) in [6.45, 7) is 0.224. The van der Waals surface area contributed by atoms with E-state index in [9.17, 15) is 0 Å². The quantitative estimate of drug-likeness (QED) is 0.421. The molecule has 170 valence electrons. The molecule has 2 aromatic heterocycles. The maximum atomic E-state index is 5.86. The zero-order chi connectivity index (χ0) is 23.1. The first-order valence-electron chi connectivity index (χ1n) is 10.9. The van der Waals surface area contributed by atoms with E-state index in [1.54, 1.807) is 7.11 Å². The minimum absolute atomic E-state index is 0.147. The lowest BCUT2D eigenvalue weighted by Crippen LogP contribution is -2.30. The maximum absolute atomic E-state index is 5.86. The van der Waals surface area contributed by atoms with Gasteiger partial charge < -0.3 is 29.0 Å². The van der Waals surface area contributed by atoms with E-state index in [1.165, 1.54) is 0 Å². The number of hydrogen-bond acceptors (Lipinski definition) is 5. The van der Waals surface area contributed by atoms with E-state index >= 15 is 0 Å². The van der Waals surface area contributed by atoms with Crippen molar-refractivity contribution < 1.29 is 14.2 Å². The lowest BCUT2D eigenvalue weighted by atomic mass is 10.0. The van der Waals surface area contributed by atoms with Crippen LogP contribution in [-0.2, 0) is 0 Å². The lowest BCUT2D eigenvalue weighted by Gasteiger charge is -2.29. The molecule has 0 spiro atoms. The van der Waals surface area contributed by atoms with Crippen LogP contribution in [0.5, 0.6) is 17.2 Å². The van der Waals surface area contributed by atoms with Gasteiger partial charge in [-0.25, -0.2) is 0 Å². The fourth-order valence-electron chi connectivity index (χ4n) is 4.58.